The second-order valence-electron chi connectivity index (χ2n) is 9.35. The molecule has 0 fully saturated rings. The van der Waals surface area contributed by atoms with Crippen LogP contribution in [-0.4, -0.2) is 18.6 Å². The first kappa shape index (κ1) is 20.3. The first-order valence-corrected chi connectivity index (χ1v) is 11.9. The summed E-state index contributed by atoms with van der Waals surface area (Å²) in [5.74, 6) is 1.22. The molecule has 7 rings (SSSR count). The number of hydrogen-bond donors (Lipinski definition) is 1. The van der Waals surface area contributed by atoms with Crippen molar-refractivity contribution in [3.05, 3.63) is 113 Å². The van der Waals surface area contributed by atoms with Crippen molar-refractivity contribution in [2.75, 3.05) is 11.9 Å². The second kappa shape index (κ2) is 7.44. The number of carbonyl (C=O) groups excluding carboxylic acids is 1. The van der Waals surface area contributed by atoms with Gasteiger partial charge in [0.25, 0.3) is 0 Å². The molecule has 4 aromatic rings. The van der Waals surface area contributed by atoms with Crippen molar-refractivity contribution in [2.45, 2.75) is 24.4 Å². The molecule has 0 aliphatic carbocycles. The van der Waals surface area contributed by atoms with Crippen LogP contribution in [0, 0.1) is 5.82 Å². The zero-order chi connectivity index (χ0) is 23.6. The molecule has 4 aromatic carbocycles. The van der Waals surface area contributed by atoms with Gasteiger partial charge in [0, 0.05) is 35.7 Å². The minimum absolute atomic E-state index is 0.0655. The summed E-state index contributed by atoms with van der Waals surface area (Å²) in [6, 6.07) is 26.5. The van der Waals surface area contributed by atoms with Gasteiger partial charge in [-0.15, -0.1) is 0 Å². The van der Waals surface area contributed by atoms with Gasteiger partial charge in [-0.3, -0.25) is 4.79 Å². The molecular weight excluding hydrogens is 441 g/mol. The van der Waals surface area contributed by atoms with Gasteiger partial charge in [0.15, 0.2) is 0 Å². The molecule has 3 aliphatic rings. The predicted molar refractivity (Wildman–Crippen MR) is 131 cm³/mol. The number of fused-ring (bicyclic) bond motifs is 5. The van der Waals surface area contributed by atoms with E-state index in [2.05, 4.69) is 11.4 Å². The Labute approximate surface area is 202 Å². The quantitative estimate of drug-likeness (QED) is 0.426. The van der Waals surface area contributed by atoms with Crippen LogP contribution in [0.3, 0.4) is 0 Å². The van der Waals surface area contributed by atoms with E-state index in [1.54, 1.807) is 12.1 Å². The number of anilines is 1. The number of para-hydroxylation sites is 1. The summed E-state index contributed by atoms with van der Waals surface area (Å²) in [4.78, 5) is 13.7. The van der Waals surface area contributed by atoms with Crippen LogP contribution in [0.5, 0.6) is 11.5 Å². The third kappa shape index (κ3) is 2.88. The van der Waals surface area contributed by atoms with Gasteiger partial charge >= 0.3 is 0 Å². The van der Waals surface area contributed by atoms with Crippen molar-refractivity contribution in [3.63, 3.8) is 0 Å². The molecule has 0 bridgehead atoms. The Balaban J connectivity index is 1.31. The summed E-state index contributed by atoms with van der Waals surface area (Å²) in [7, 11) is 0. The lowest BCUT2D eigenvalue weighted by Gasteiger charge is -2.29. The molecule has 35 heavy (non-hydrogen) atoms. The van der Waals surface area contributed by atoms with Crippen LogP contribution < -0.4 is 14.8 Å². The minimum Gasteiger partial charge on any atom is -0.493 e. The maximum absolute atomic E-state index is 14.3. The van der Waals surface area contributed by atoms with Gasteiger partial charge in [0.1, 0.15) is 28.8 Å². The Morgan fingerprint density at radius 1 is 0.914 bits per heavy atom. The number of ether oxygens (including phenoxy) is 2. The molecule has 3 heterocycles. The standard InChI is InChI=1S/C30H22FNO3/c31-24-7-3-1-5-21(24)19-11-9-18(10-12-19)15-28-30(22-6-2-4-8-25(22)32-29(30)33)23-16-20-13-14-34-26(20)17-27(23)35-28/h1-12,16-17,28H,13-15H2,(H,32,33). The normalized spacial score (nSPS) is 21.2. The van der Waals surface area contributed by atoms with E-state index >= 15 is 0 Å². The Morgan fingerprint density at radius 3 is 2.57 bits per heavy atom. The van der Waals surface area contributed by atoms with Crippen molar-refractivity contribution in [2.24, 2.45) is 0 Å². The molecule has 1 amide bonds. The van der Waals surface area contributed by atoms with E-state index in [1.165, 1.54) is 6.07 Å². The lowest BCUT2D eigenvalue weighted by molar-refractivity contribution is -0.121. The SMILES string of the molecule is O=C1Nc2ccccc2C12c1cc3c(cc1OC2Cc1ccc(-c2ccccc2F)cc1)OCC3. The van der Waals surface area contributed by atoms with Gasteiger partial charge < -0.3 is 14.8 Å². The van der Waals surface area contributed by atoms with Gasteiger partial charge in [-0.1, -0.05) is 60.7 Å². The average Bonchev–Trinajstić information content (AvgIpc) is 3.54. The molecule has 3 aliphatic heterocycles. The predicted octanol–water partition coefficient (Wildman–Crippen LogP) is 5.67. The largest absolute Gasteiger partial charge is 0.493 e. The molecule has 0 aromatic heterocycles. The number of hydrogen-bond acceptors (Lipinski definition) is 3. The Morgan fingerprint density at radius 2 is 1.71 bits per heavy atom. The monoisotopic (exact) mass is 463 g/mol. The summed E-state index contributed by atoms with van der Waals surface area (Å²) in [6.45, 7) is 0.645. The molecule has 1 N–H and O–H groups in total. The molecule has 2 unspecified atom stereocenters. The van der Waals surface area contributed by atoms with Crippen molar-refractivity contribution < 1.29 is 18.7 Å². The van der Waals surface area contributed by atoms with Crippen molar-refractivity contribution >= 4 is 11.6 Å². The zero-order valence-corrected chi connectivity index (χ0v) is 18.9. The molecule has 0 radical (unpaired) electrons. The number of carbonyl (C=O) groups is 1. The van der Waals surface area contributed by atoms with Crippen LogP contribution >= 0.6 is 0 Å². The van der Waals surface area contributed by atoms with Crippen molar-refractivity contribution in [1.82, 2.24) is 0 Å². The molecule has 4 nitrogen and oxygen atoms in total. The van der Waals surface area contributed by atoms with Gasteiger partial charge in [0.05, 0.1) is 6.61 Å². The highest BCUT2D eigenvalue weighted by Gasteiger charge is 2.60. The van der Waals surface area contributed by atoms with E-state index in [1.807, 2.05) is 60.7 Å². The maximum atomic E-state index is 14.3. The second-order valence-corrected chi connectivity index (χ2v) is 9.35. The summed E-state index contributed by atoms with van der Waals surface area (Å²) in [6.07, 6.45) is 0.923. The highest BCUT2D eigenvalue weighted by atomic mass is 19.1. The number of halogens is 1. The van der Waals surface area contributed by atoms with Gasteiger partial charge in [-0.25, -0.2) is 4.39 Å². The Bertz CT molecular complexity index is 1500. The fraction of sp³-hybridized carbons (Fsp3) is 0.167. The van der Waals surface area contributed by atoms with Crippen LogP contribution in [0.1, 0.15) is 22.3 Å². The Kier molecular flexibility index (Phi) is 4.31. The van der Waals surface area contributed by atoms with E-state index in [0.29, 0.717) is 24.3 Å². The lowest BCUT2D eigenvalue weighted by atomic mass is 9.70. The van der Waals surface area contributed by atoms with Gasteiger partial charge in [-0.2, -0.15) is 0 Å². The number of rotatable bonds is 3. The first-order chi connectivity index (χ1) is 17.1. The summed E-state index contributed by atoms with van der Waals surface area (Å²) < 4.78 is 26.6. The van der Waals surface area contributed by atoms with E-state index in [0.717, 1.165) is 45.7 Å². The number of nitrogens with one attached hydrogen (secondary N) is 1. The van der Waals surface area contributed by atoms with E-state index in [9.17, 15) is 9.18 Å². The van der Waals surface area contributed by atoms with E-state index < -0.39 is 11.5 Å². The van der Waals surface area contributed by atoms with Crippen molar-refractivity contribution in [3.8, 4) is 22.6 Å². The fourth-order valence-corrected chi connectivity index (χ4v) is 5.82. The molecular formula is C30H22FNO3. The van der Waals surface area contributed by atoms with Crippen LogP contribution in [0.4, 0.5) is 10.1 Å². The zero-order valence-electron chi connectivity index (χ0n) is 18.9. The van der Waals surface area contributed by atoms with Crippen LogP contribution in [0.2, 0.25) is 0 Å². The third-order valence-electron chi connectivity index (χ3n) is 7.49. The molecule has 2 atom stereocenters. The summed E-state index contributed by atoms with van der Waals surface area (Å²) in [5, 5.41) is 3.10. The van der Waals surface area contributed by atoms with Crippen LogP contribution in [0.25, 0.3) is 11.1 Å². The van der Waals surface area contributed by atoms with Crippen LogP contribution in [-0.2, 0) is 23.1 Å². The Hall–Kier alpha value is -4.12. The number of benzene rings is 4. The third-order valence-corrected chi connectivity index (χ3v) is 7.49. The van der Waals surface area contributed by atoms with Crippen LogP contribution in [0.15, 0.2) is 84.9 Å². The molecule has 1 spiro atoms. The van der Waals surface area contributed by atoms with E-state index in [-0.39, 0.29) is 11.7 Å². The fourth-order valence-electron chi connectivity index (χ4n) is 5.82. The lowest BCUT2D eigenvalue weighted by Crippen LogP contribution is -2.46. The average molecular weight is 464 g/mol. The van der Waals surface area contributed by atoms with E-state index in [4.69, 9.17) is 9.47 Å². The topological polar surface area (TPSA) is 47.6 Å². The smallest absolute Gasteiger partial charge is 0.243 e. The maximum Gasteiger partial charge on any atom is 0.243 e. The molecule has 0 saturated heterocycles. The summed E-state index contributed by atoms with van der Waals surface area (Å²) in [5.41, 5.74) is 5.24. The molecule has 0 saturated carbocycles. The van der Waals surface area contributed by atoms with Gasteiger partial charge in [0.2, 0.25) is 5.91 Å². The molecule has 172 valence electrons. The first-order valence-electron chi connectivity index (χ1n) is 11.9. The molecule has 5 heteroatoms. The van der Waals surface area contributed by atoms with Crippen molar-refractivity contribution in [1.29, 1.82) is 0 Å². The highest BCUT2D eigenvalue weighted by molar-refractivity contribution is 6.10. The highest BCUT2D eigenvalue weighted by Crippen LogP contribution is 2.55. The minimum atomic E-state index is -0.937. The van der Waals surface area contributed by atoms with Gasteiger partial charge in [-0.05, 0) is 40.5 Å². The summed E-state index contributed by atoms with van der Waals surface area (Å²) >= 11 is 0. The number of amides is 1.